The van der Waals surface area contributed by atoms with Gasteiger partial charge in [0.2, 0.25) is 0 Å². The fourth-order valence-electron chi connectivity index (χ4n) is 3.92. The van der Waals surface area contributed by atoms with E-state index in [2.05, 4.69) is 15.6 Å². The molecule has 0 bridgehead atoms. The van der Waals surface area contributed by atoms with Crippen LogP contribution in [0.3, 0.4) is 0 Å². The van der Waals surface area contributed by atoms with E-state index in [4.69, 9.17) is 15.0 Å². The first kappa shape index (κ1) is 17.0. The van der Waals surface area contributed by atoms with Crippen molar-refractivity contribution in [1.29, 1.82) is 5.26 Å². The zero-order valence-corrected chi connectivity index (χ0v) is 15.5. The number of carbonyl (C=O) groups excluding carboxylic acids is 1. The normalized spacial score (nSPS) is 20.3. The lowest BCUT2D eigenvalue weighted by Gasteiger charge is -2.29. The average Bonchev–Trinajstić information content (AvgIpc) is 3.24. The van der Waals surface area contributed by atoms with Gasteiger partial charge in [-0.05, 0) is 43.0 Å². The van der Waals surface area contributed by atoms with Gasteiger partial charge in [-0.15, -0.1) is 11.3 Å². The van der Waals surface area contributed by atoms with Crippen LogP contribution in [0.1, 0.15) is 50.9 Å². The maximum Gasteiger partial charge on any atom is 0.303 e. The molecule has 0 aliphatic heterocycles. The zero-order chi connectivity index (χ0) is 18.1. The van der Waals surface area contributed by atoms with Gasteiger partial charge in [0.05, 0.1) is 28.0 Å². The Morgan fingerprint density at radius 1 is 1.38 bits per heavy atom. The predicted molar refractivity (Wildman–Crippen MR) is 99.6 cm³/mol. The molecule has 4 rings (SSSR count). The number of esters is 1. The minimum Gasteiger partial charge on any atom is -0.458 e. The van der Waals surface area contributed by atoms with E-state index in [1.807, 2.05) is 11.4 Å². The van der Waals surface area contributed by atoms with E-state index in [1.165, 1.54) is 6.92 Å². The van der Waals surface area contributed by atoms with Crippen molar-refractivity contribution >= 4 is 38.6 Å². The topological polar surface area (TPSA) is 80.8 Å². The highest BCUT2D eigenvalue weighted by atomic mass is 32.1. The Kier molecular flexibility index (Phi) is 4.60. The molecule has 0 amide bonds. The number of hydrogen-bond acceptors (Lipinski definition) is 6. The number of fused-ring (bicyclic) bond motifs is 3. The Balaban J connectivity index is 1.77. The van der Waals surface area contributed by atoms with Crippen LogP contribution in [0, 0.1) is 17.2 Å². The summed E-state index contributed by atoms with van der Waals surface area (Å²) in [5.41, 5.74) is 2.91. The Bertz CT molecular complexity index is 992. The predicted octanol–water partition coefficient (Wildman–Crippen LogP) is 4.35. The molecule has 26 heavy (non-hydrogen) atoms. The minimum absolute atomic E-state index is 0.176. The molecule has 134 valence electrons. The molecule has 3 aromatic rings. The molecule has 3 heterocycles. The largest absolute Gasteiger partial charge is 0.458 e. The van der Waals surface area contributed by atoms with E-state index >= 15 is 0 Å². The molecule has 0 unspecified atom stereocenters. The third-order valence-electron chi connectivity index (χ3n) is 5.16. The monoisotopic (exact) mass is 368 g/mol. The molecule has 3 aromatic heterocycles. The molecular weight excluding hydrogens is 348 g/mol. The fourth-order valence-corrected chi connectivity index (χ4v) is 4.81. The lowest BCUT2D eigenvalue weighted by atomic mass is 9.84. The summed E-state index contributed by atoms with van der Waals surface area (Å²) in [6.45, 7) is 1.59. The van der Waals surface area contributed by atoms with Crippen LogP contribution < -0.4 is 0 Å². The zero-order valence-electron chi connectivity index (χ0n) is 14.6. The van der Waals surface area contributed by atoms with Crippen molar-refractivity contribution < 1.29 is 9.53 Å². The molecule has 0 saturated heterocycles. The number of thiophene rings is 1. The molecule has 0 spiro atoms. The van der Waals surface area contributed by atoms with E-state index in [9.17, 15) is 4.79 Å². The summed E-state index contributed by atoms with van der Waals surface area (Å²) in [6.07, 6.45) is 6.56. The van der Waals surface area contributed by atoms with Crippen molar-refractivity contribution in [3.8, 4) is 6.07 Å². The third kappa shape index (κ3) is 3.06. The van der Waals surface area contributed by atoms with E-state index in [0.29, 0.717) is 18.4 Å². The summed E-state index contributed by atoms with van der Waals surface area (Å²) in [5, 5.41) is 11.0. The van der Waals surface area contributed by atoms with E-state index in [-0.39, 0.29) is 12.6 Å². The first-order valence-electron chi connectivity index (χ1n) is 8.90. The van der Waals surface area contributed by atoms with E-state index in [1.54, 1.807) is 17.5 Å². The van der Waals surface area contributed by atoms with Crippen LogP contribution >= 0.6 is 11.3 Å². The number of nitrogens with zero attached hydrogens (tertiary/aromatic N) is 4. The molecule has 1 saturated carbocycles. The number of aromatic nitrogens is 3. The molecular formula is C19H20N4O2S. The number of ether oxygens (including phenoxy) is 1. The SMILES string of the molecule is CC(=O)OCc1nc2cnc3ccsc3c2n1C1CCC(CC#N)CC1. The van der Waals surface area contributed by atoms with E-state index < -0.39 is 0 Å². The maximum absolute atomic E-state index is 11.3. The van der Waals surface area contributed by atoms with Gasteiger partial charge in [0.1, 0.15) is 17.9 Å². The molecule has 1 aliphatic carbocycles. The second kappa shape index (κ2) is 7.04. The van der Waals surface area contributed by atoms with Crippen LogP contribution in [0.25, 0.3) is 21.3 Å². The van der Waals surface area contributed by atoms with Crippen molar-refractivity contribution in [2.24, 2.45) is 5.92 Å². The molecule has 0 radical (unpaired) electrons. The third-order valence-corrected chi connectivity index (χ3v) is 6.07. The highest BCUT2D eigenvalue weighted by Gasteiger charge is 2.27. The van der Waals surface area contributed by atoms with Crippen molar-refractivity contribution in [2.45, 2.75) is 51.7 Å². The second-order valence-corrected chi connectivity index (χ2v) is 7.76. The number of imidazole rings is 1. The van der Waals surface area contributed by atoms with Crippen molar-refractivity contribution in [3.63, 3.8) is 0 Å². The van der Waals surface area contributed by atoms with Crippen LogP contribution in [0.15, 0.2) is 17.6 Å². The van der Waals surface area contributed by atoms with Crippen molar-refractivity contribution in [2.75, 3.05) is 0 Å². The van der Waals surface area contributed by atoms with Crippen LogP contribution in [-0.2, 0) is 16.1 Å². The molecule has 7 heteroatoms. The first-order valence-corrected chi connectivity index (χ1v) is 9.78. The first-order chi connectivity index (χ1) is 12.7. The standard InChI is InChI=1S/C19H20N4O2S/c1-12(24)25-11-17-22-16-10-21-15-7-9-26-19(15)18(16)23(17)14-4-2-13(3-5-14)6-8-20/h7,9-10,13-14H,2-6,11H2,1H3. The second-order valence-electron chi connectivity index (χ2n) is 6.84. The van der Waals surface area contributed by atoms with Crippen LogP contribution in [0.4, 0.5) is 0 Å². The smallest absolute Gasteiger partial charge is 0.303 e. The van der Waals surface area contributed by atoms with Crippen LogP contribution in [-0.4, -0.2) is 20.5 Å². The molecule has 0 atom stereocenters. The Labute approximate surface area is 155 Å². The summed E-state index contributed by atoms with van der Waals surface area (Å²) in [4.78, 5) is 20.5. The van der Waals surface area contributed by atoms with Crippen LogP contribution in [0.2, 0.25) is 0 Å². The summed E-state index contributed by atoms with van der Waals surface area (Å²) < 4.78 is 8.65. The number of pyridine rings is 1. The molecule has 1 fully saturated rings. The highest BCUT2D eigenvalue weighted by Crippen LogP contribution is 2.38. The Hall–Kier alpha value is -2.46. The highest BCUT2D eigenvalue weighted by molar-refractivity contribution is 7.18. The number of nitriles is 1. The lowest BCUT2D eigenvalue weighted by Crippen LogP contribution is -2.20. The quantitative estimate of drug-likeness (QED) is 0.639. The van der Waals surface area contributed by atoms with Gasteiger partial charge in [-0.25, -0.2) is 4.98 Å². The van der Waals surface area contributed by atoms with Crippen molar-refractivity contribution in [3.05, 3.63) is 23.5 Å². The van der Waals surface area contributed by atoms with Gasteiger partial charge in [0.25, 0.3) is 0 Å². The Morgan fingerprint density at radius 3 is 2.92 bits per heavy atom. The summed E-state index contributed by atoms with van der Waals surface area (Å²) in [7, 11) is 0. The van der Waals surface area contributed by atoms with Gasteiger partial charge in [0.15, 0.2) is 0 Å². The maximum atomic E-state index is 11.3. The number of carbonyl (C=O) groups is 1. The summed E-state index contributed by atoms with van der Waals surface area (Å²) in [5.74, 6) is 0.966. The fraction of sp³-hybridized carbons (Fsp3) is 0.474. The average molecular weight is 368 g/mol. The number of rotatable bonds is 4. The Morgan fingerprint density at radius 2 is 2.19 bits per heavy atom. The van der Waals surface area contributed by atoms with Gasteiger partial charge in [-0.1, -0.05) is 0 Å². The summed E-state index contributed by atoms with van der Waals surface area (Å²) in [6, 6.07) is 4.63. The van der Waals surface area contributed by atoms with Crippen molar-refractivity contribution in [1.82, 2.24) is 14.5 Å². The minimum atomic E-state index is -0.305. The summed E-state index contributed by atoms with van der Waals surface area (Å²) >= 11 is 1.67. The van der Waals surface area contributed by atoms with Gasteiger partial charge in [-0.2, -0.15) is 5.26 Å². The van der Waals surface area contributed by atoms with Crippen LogP contribution in [0.5, 0.6) is 0 Å². The van der Waals surface area contributed by atoms with Gasteiger partial charge in [0, 0.05) is 19.4 Å². The number of hydrogen-bond donors (Lipinski definition) is 0. The lowest BCUT2D eigenvalue weighted by molar-refractivity contribution is -0.142. The van der Waals surface area contributed by atoms with Gasteiger partial charge < -0.3 is 9.30 Å². The molecule has 0 N–H and O–H groups in total. The molecule has 0 aromatic carbocycles. The molecule has 6 nitrogen and oxygen atoms in total. The molecule has 1 aliphatic rings. The van der Waals surface area contributed by atoms with Gasteiger partial charge in [-0.3, -0.25) is 9.78 Å². The van der Waals surface area contributed by atoms with E-state index in [0.717, 1.165) is 52.8 Å². The van der Waals surface area contributed by atoms with Gasteiger partial charge >= 0.3 is 5.97 Å².